The van der Waals surface area contributed by atoms with Crippen LogP contribution in [0.1, 0.15) is 53.0 Å². The monoisotopic (exact) mass is 571 g/mol. The van der Waals surface area contributed by atoms with Crippen LogP contribution in [0.2, 0.25) is 5.04 Å². The van der Waals surface area contributed by atoms with Gasteiger partial charge in [-0.3, -0.25) is 19.7 Å². The van der Waals surface area contributed by atoms with Gasteiger partial charge in [-0.15, -0.1) is 0 Å². The number of allylic oxidation sites excluding steroid dienone is 1. The molecular formula is C33H37NO6Si. The van der Waals surface area contributed by atoms with Crippen molar-refractivity contribution >= 4 is 36.1 Å². The Hall–Kier alpha value is -3.88. The van der Waals surface area contributed by atoms with Crippen LogP contribution in [-0.2, 0) is 24.2 Å². The third kappa shape index (κ3) is 5.29. The van der Waals surface area contributed by atoms with E-state index in [0.717, 1.165) is 15.9 Å². The number of carbonyl (C=O) groups excluding carboxylic acids is 2. The van der Waals surface area contributed by atoms with Crippen molar-refractivity contribution in [3.63, 3.8) is 0 Å². The van der Waals surface area contributed by atoms with E-state index in [4.69, 9.17) is 9.16 Å². The van der Waals surface area contributed by atoms with Gasteiger partial charge >= 0.3 is 5.97 Å². The fourth-order valence-corrected chi connectivity index (χ4v) is 10.8. The molecule has 1 aliphatic rings. The maximum Gasteiger partial charge on any atom is 0.324 e. The van der Waals surface area contributed by atoms with Crippen molar-refractivity contribution < 1.29 is 23.7 Å². The highest BCUT2D eigenvalue weighted by molar-refractivity contribution is 6.99. The zero-order valence-electron chi connectivity index (χ0n) is 24.5. The number of esters is 1. The van der Waals surface area contributed by atoms with Crippen molar-refractivity contribution in [2.24, 2.45) is 0 Å². The van der Waals surface area contributed by atoms with Crippen LogP contribution in [0.25, 0.3) is 0 Å². The minimum absolute atomic E-state index is 0.000944. The minimum atomic E-state index is -3.05. The quantitative estimate of drug-likeness (QED) is 0.0908. The molecule has 0 unspecified atom stereocenters. The lowest BCUT2D eigenvalue weighted by molar-refractivity contribution is -0.384. The summed E-state index contributed by atoms with van der Waals surface area (Å²) in [6, 6.07) is 26.1. The fraction of sp³-hybridized carbons (Fsp3) is 0.333. The Kier molecular flexibility index (Phi) is 8.47. The zero-order valence-corrected chi connectivity index (χ0v) is 25.5. The van der Waals surface area contributed by atoms with Gasteiger partial charge in [0.05, 0.1) is 18.1 Å². The van der Waals surface area contributed by atoms with E-state index >= 15 is 0 Å². The first-order chi connectivity index (χ1) is 19.4. The summed E-state index contributed by atoms with van der Waals surface area (Å²) in [6.07, 6.45) is -0.234. The molecule has 0 saturated heterocycles. The van der Waals surface area contributed by atoms with Crippen LogP contribution in [0.5, 0.6) is 0 Å². The molecule has 0 N–H and O–H groups in total. The van der Waals surface area contributed by atoms with Crippen LogP contribution in [0.4, 0.5) is 5.69 Å². The molecule has 0 heterocycles. The first-order valence-corrected chi connectivity index (χ1v) is 15.6. The van der Waals surface area contributed by atoms with Crippen molar-refractivity contribution in [1.82, 2.24) is 0 Å². The summed E-state index contributed by atoms with van der Waals surface area (Å²) < 4.78 is 12.7. The Morgan fingerprint density at radius 3 is 1.98 bits per heavy atom. The Balaban J connectivity index is 1.98. The number of rotatable bonds is 7. The summed E-state index contributed by atoms with van der Waals surface area (Å²) in [5.74, 6) is -1.15. The van der Waals surface area contributed by atoms with Crippen LogP contribution in [-0.4, -0.2) is 38.2 Å². The number of ether oxygens (including phenoxy) is 1. The lowest BCUT2D eigenvalue weighted by Gasteiger charge is -2.48. The van der Waals surface area contributed by atoms with Gasteiger partial charge in [0.2, 0.25) is 0 Å². The Morgan fingerprint density at radius 2 is 1.51 bits per heavy atom. The van der Waals surface area contributed by atoms with Gasteiger partial charge in [-0.05, 0) is 40.4 Å². The first-order valence-electron chi connectivity index (χ1n) is 13.7. The number of ketones is 1. The summed E-state index contributed by atoms with van der Waals surface area (Å²) in [4.78, 5) is 39.1. The van der Waals surface area contributed by atoms with Crippen molar-refractivity contribution in [2.45, 2.75) is 64.0 Å². The molecule has 0 radical (unpaired) electrons. The van der Waals surface area contributed by atoms with Gasteiger partial charge < -0.3 is 9.16 Å². The van der Waals surface area contributed by atoms with Gasteiger partial charge in [-0.1, -0.05) is 99.1 Å². The summed E-state index contributed by atoms with van der Waals surface area (Å²) in [5, 5.41) is 13.5. The molecule has 3 aromatic rings. The average Bonchev–Trinajstić information content (AvgIpc) is 2.96. The Labute approximate surface area is 242 Å². The molecule has 0 aliphatic heterocycles. The lowest BCUT2D eigenvalue weighted by Crippen LogP contribution is -2.68. The van der Waals surface area contributed by atoms with E-state index in [1.807, 2.05) is 50.2 Å². The molecule has 0 aromatic heterocycles. The van der Waals surface area contributed by atoms with Crippen LogP contribution in [0, 0.1) is 10.1 Å². The van der Waals surface area contributed by atoms with Crippen molar-refractivity contribution in [3.8, 4) is 0 Å². The molecule has 1 saturated carbocycles. The molecule has 0 bridgehead atoms. The van der Waals surface area contributed by atoms with Gasteiger partial charge in [0.25, 0.3) is 14.0 Å². The second kappa shape index (κ2) is 11.5. The molecule has 1 aliphatic carbocycles. The van der Waals surface area contributed by atoms with E-state index in [1.54, 1.807) is 6.07 Å². The topological polar surface area (TPSA) is 95.7 Å². The van der Waals surface area contributed by atoms with E-state index in [9.17, 15) is 19.7 Å². The SMILES string of the molecule is COC(=O)[C@@]1(c2cccc([N+](=O)[O-])c2)C[C@@H](O[Si](c2ccccc2)(c2ccccc2)C(C)(C)C)CC(=C(C)C)C1=O. The van der Waals surface area contributed by atoms with Crippen LogP contribution in [0.15, 0.2) is 96.1 Å². The highest BCUT2D eigenvalue weighted by Crippen LogP contribution is 2.46. The predicted molar refractivity (Wildman–Crippen MR) is 162 cm³/mol. The molecule has 0 amide bonds. The van der Waals surface area contributed by atoms with E-state index in [2.05, 4.69) is 45.0 Å². The van der Waals surface area contributed by atoms with Crippen molar-refractivity contribution in [3.05, 3.63) is 112 Å². The summed E-state index contributed by atoms with van der Waals surface area (Å²) >= 11 is 0. The lowest BCUT2D eigenvalue weighted by atomic mass is 9.65. The molecule has 214 valence electrons. The van der Waals surface area contributed by atoms with Crippen molar-refractivity contribution in [1.29, 1.82) is 0 Å². The predicted octanol–water partition coefficient (Wildman–Crippen LogP) is 5.65. The highest BCUT2D eigenvalue weighted by atomic mass is 28.4. The zero-order chi connectivity index (χ0) is 30.0. The summed E-state index contributed by atoms with van der Waals surface area (Å²) in [5.41, 5.74) is -0.507. The third-order valence-electron chi connectivity index (χ3n) is 8.07. The second-order valence-electron chi connectivity index (χ2n) is 11.8. The number of nitro groups is 1. The fourth-order valence-electron chi connectivity index (χ4n) is 6.14. The number of nitrogens with zero attached hydrogens (tertiary/aromatic N) is 1. The van der Waals surface area contributed by atoms with Gasteiger partial charge in [0.15, 0.2) is 11.2 Å². The number of methoxy groups -OCH3 is 1. The number of carbonyl (C=O) groups is 2. The Bertz CT molecular complexity index is 1430. The number of hydrogen-bond donors (Lipinski definition) is 0. The second-order valence-corrected chi connectivity index (χ2v) is 16.1. The minimum Gasteiger partial charge on any atom is -0.468 e. The number of Topliss-reactive ketones (excluding diaryl/α,β-unsaturated/α-hetero) is 1. The summed E-state index contributed by atoms with van der Waals surface area (Å²) in [6.45, 7) is 10.2. The molecule has 7 nitrogen and oxygen atoms in total. The average molecular weight is 572 g/mol. The van der Waals surface area contributed by atoms with Crippen LogP contribution < -0.4 is 10.4 Å². The van der Waals surface area contributed by atoms with Gasteiger partial charge in [0, 0.05) is 25.0 Å². The molecule has 0 spiro atoms. The maximum absolute atomic E-state index is 14.2. The van der Waals surface area contributed by atoms with Gasteiger partial charge in [-0.25, -0.2) is 0 Å². The Morgan fingerprint density at radius 1 is 0.951 bits per heavy atom. The number of non-ortho nitro benzene ring substituents is 1. The number of nitro benzene ring substituents is 1. The van der Waals surface area contributed by atoms with E-state index < -0.39 is 36.5 Å². The molecule has 1 fully saturated rings. The van der Waals surface area contributed by atoms with E-state index in [1.165, 1.54) is 25.3 Å². The summed E-state index contributed by atoms with van der Waals surface area (Å²) in [7, 11) is -1.81. The standard InChI is InChI=1S/C33H37NO6Si/c1-23(2)29-21-26(22-33(30(29)35,31(36)39-6)24-14-13-15-25(20-24)34(37)38)40-41(32(3,4)5,27-16-9-7-10-17-27)28-18-11-8-12-19-28/h7-20,26H,21-22H2,1-6H3/t26-,33+/m0/s1. The maximum atomic E-state index is 14.2. The van der Waals surface area contributed by atoms with Crippen LogP contribution in [0.3, 0.4) is 0 Å². The molecular weight excluding hydrogens is 534 g/mol. The normalized spacial score (nSPS) is 19.5. The number of hydrogen-bond acceptors (Lipinski definition) is 6. The first kappa shape index (κ1) is 30.1. The molecule has 41 heavy (non-hydrogen) atoms. The van der Waals surface area contributed by atoms with Gasteiger partial charge in [-0.2, -0.15) is 0 Å². The highest BCUT2D eigenvalue weighted by Gasteiger charge is 2.58. The number of benzene rings is 3. The molecule has 3 aromatic carbocycles. The third-order valence-corrected chi connectivity index (χ3v) is 13.2. The largest absolute Gasteiger partial charge is 0.468 e. The van der Waals surface area contributed by atoms with Gasteiger partial charge in [0.1, 0.15) is 0 Å². The van der Waals surface area contributed by atoms with E-state index in [0.29, 0.717) is 12.0 Å². The van der Waals surface area contributed by atoms with Crippen LogP contribution >= 0.6 is 0 Å². The molecule has 4 rings (SSSR count). The van der Waals surface area contributed by atoms with Crippen molar-refractivity contribution in [2.75, 3.05) is 7.11 Å². The molecule has 2 atom stereocenters. The smallest absolute Gasteiger partial charge is 0.324 e. The van der Waals surface area contributed by atoms with E-state index in [-0.39, 0.29) is 22.7 Å². The molecule has 8 heteroatoms.